The molecule has 4 N–H and O–H groups in total. The molecule has 2 aromatic rings. The van der Waals surface area contributed by atoms with Crippen LogP contribution < -0.4 is 5.73 Å². The number of rotatable bonds is 4. The Morgan fingerprint density at radius 1 is 1.19 bits per heavy atom. The minimum Gasteiger partial charge on any atom is -0.478 e. The van der Waals surface area contributed by atoms with Crippen molar-refractivity contribution in [2.45, 2.75) is 38.1 Å². The lowest BCUT2D eigenvalue weighted by molar-refractivity contribution is -0.901. The summed E-state index contributed by atoms with van der Waals surface area (Å²) >= 11 is 6.54. The van der Waals surface area contributed by atoms with Gasteiger partial charge in [0.1, 0.15) is 30.8 Å². The number of aromatic carboxylic acids is 1. The van der Waals surface area contributed by atoms with E-state index in [2.05, 4.69) is 0 Å². The Balaban J connectivity index is 1.82. The normalized spacial score (nSPS) is 25.6. The number of hydrogen-bond acceptors (Lipinski definition) is 4. The number of nitrogens with zero attached hydrogens (tertiary/aromatic N) is 2. The molecule has 1 fully saturated rings. The minimum absolute atomic E-state index is 0.0559. The van der Waals surface area contributed by atoms with Crippen molar-refractivity contribution in [1.29, 1.82) is 0 Å². The Kier molecular flexibility index (Phi) is 5.50. The van der Waals surface area contributed by atoms with Crippen LogP contribution in [0.4, 0.5) is 4.79 Å². The number of fused-ring (bicyclic) bond motifs is 1. The molecule has 0 aliphatic carbocycles. The van der Waals surface area contributed by atoms with Gasteiger partial charge in [0, 0.05) is 12.8 Å². The maximum absolute atomic E-state index is 12.5. The number of nitrogens with two attached hydrogens (primary N) is 1. The Morgan fingerprint density at radius 2 is 1.90 bits per heavy atom. The summed E-state index contributed by atoms with van der Waals surface area (Å²) in [5.74, 6) is -1.84. The molecule has 1 aromatic heterocycles. The highest BCUT2D eigenvalue weighted by Gasteiger charge is 2.51. The summed E-state index contributed by atoms with van der Waals surface area (Å²) in [6.07, 6.45) is -1.33. The first-order valence-electron chi connectivity index (χ1n) is 9.97. The summed E-state index contributed by atoms with van der Waals surface area (Å²) in [5, 5.41) is 20.2. The average molecular weight is 449 g/mol. The van der Waals surface area contributed by atoms with Crippen molar-refractivity contribution in [1.82, 2.24) is 4.57 Å². The SMILES string of the molecule is NC(=O)C1CC([N+]2(C(=O)O)CCn3c(c(C(=O)O)c(Cl)c3-c3ccccc3)C2)CCO1. The van der Waals surface area contributed by atoms with Crippen molar-refractivity contribution in [2.24, 2.45) is 5.73 Å². The number of ether oxygens (including phenoxy) is 1. The predicted octanol–water partition coefficient (Wildman–Crippen LogP) is 2.55. The molecule has 3 unspecified atom stereocenters. The first-order valence-corrected chi connectivity index (χ1v) is 10.3. The van der Waals surface area contributed by atoms with Gasteiger partial charge in [-0.15, -0.1) is 0 Å². The smallest absolute Gasteiger partial charge is 0.478 e. The molecule has 2 aliphatic rings. The second kappa shape index (κ2) is 7.99. The standard InChI is InChI=1S/C21H22ClN3O6/c22-17-16(20(27)28)14-11-25(21(29)30,13-6-9-31-15(10-13)19(23)26)8-7-24(14)18(17)12-4-2-1-3-5-12/h1-5,13,15H,6-11H2,(H3-,23,26,27,28,29,30)/p+1. The fraction of sp³-hybridized carbons (Fsp3) is 0.381. The molecule has 4 rings (SSSR count). The van der Waals surface area contributed by atoms with Crippen LogP contribution in [0.3, 0.4) is 0 Å². The van der Waals surface area contributed by atoms with Gasteiger partial charge < -0.3 is 25.3 Å². The fourth-order valence-electron chi connectivity index (χ4n) is 4.82. The molecule has 0 saturated carbocycles. The van der Waals surface area contributed by atoms with E-state index in [1.54, 1.807) is 0 Å². The Hall–Kier alpha value is -2.88. The van der Waals surface area contributed by atoms with Crippen molar-refractivity contribution in [3.05, 3.63) is 46.6 Å². The zero-order valence-electron chi connectivity index (χ0n) is 16.7. The molecule has 1 saturated heterocycles. The third kappa shape index (κ3) is 3.48. The van der Waals surface area contributed by atoms with Crippen LogP contribution in [-0.4, -0.2) is 62.5 Å². The van der Waals surface area contributed by atoms with Crippen LogP contribution >= 0.6 is 11.6 Å². The minimum atomic E-state index is -1.21. The molecular weight excluding hydrogens is 426 g/mol. The highest BCUT2D eigenvalue weighted by molar-refractivity contribution is 6.36. The Labute approximate surface area is 183 Å². The number of benzene rings is 1. The van der Waals surface area contributed by atoms with Gasteiger partial charge in [0.25, 0.3) is 0 Å². The molecule has 3 atom stereocenters. The van der Waals surface area contributed by atoms with Crippen molar-refractivity contribution in [3.63, 3.8) is 0 Å². The lowest BCUT2D eigenvalue weighted by atomic mass is 9.97. The molecule has 2 amide bonds. The second-order valence-corrected chi connectivity index (χ2v) is 8.32. The summed E-state index contributed by atoms with van der Waals surface area (Å²) in [4.78, 5) is 36.3. The van der Waals surface area contributed by atoms with Crippen LogP contribution in [0.15, 0.2) is 30.3 Å². The number of amides is 2. The third-order valence-corrected chi connectivity index (χ3v) is 6.75. The molecule has 9 nitrogen and oxygen atoms in total. The van der Waals surface area contributed by atoms with Gasteiger partial charge in [0.15, 0.2) is 0 Å². The van der Waals surface area contributed by atoms with Gasteiger partial charge in [0.2, 0.25) is 5.91 Å². The van der Waals surface area contributed by atoms with Gasteiger partial charge in [-0.1, -0.05) is 41.9 Å². The maximum atomic E-state index is 12.5. The van der Waals surface area contributed by atoms with Crippen LogP contribution in [0, 0.1) is 0 Å². The van der Waals surface area contributed by atoms with Crippen LogP contribution in [-0.2, 0) is 22.6 Å². The summed E-state index contributed by atoms with van der Waals surface area (Å²) in [6, 6.07) is 8.75. The lowest BCUT2D eigenvalue weighted by Crippen LogP contribution is -2.64. The summed E-state index contributed by atoms with van der Waals surface area (Å²) in [7, 11) is 0. The Morgan fingerprint density at radius 3 is 2.52 bits per heavy atom. The fourth-order valence-corrected chi connectivity index (χ4v) is 5.22. The number of carbonyl (C=O) groups excluding carboxylic acids is 1. The number of aromatic nitrogens is 1. The zero-order chi connectivity index (χ0) is 22.3. The number of carboxylic acids is 1. The highest BCUT2D eigenvalue weighted by Crippen LogP contribution is 2.41. The van der Waals surface area contributed by atoms with E-state index in [-0.39, 0.29) is 47.7 Å². The quantitative estimate of drug-likeness (QED) is 0.616. The molecule has 3 heterocycles. The van der Waals surface area contributed by atoms with E-state index in [1.807, 2.05) is 34.9 Å². The van der Waals surface area contributed by atoms with Crippen LogP contribution in [0.1, 0.15) is 28.9 Å². The number of primary amides is 1. The number of hydrogen-bond donors (Lipinski definition) is 3. The summed E-state index contributed by atoms with van der Waals surface area (Å²) in [6.45, 7) is 0.661. The van der Waals surface area contributed by atoms with E-state index in [0.717, 1.165) is 5.56 Å². The molecule has 164 valence electrons. The van der Waals surface area contributed by atoms with Gasteiger partial charge >= 0.3 is 12.1 Å². The number of carbonyl (C=O) groups is 3. The first-order chi connectivity index (χ1) is 14.8. The second-order valence-electron chi connectivity index (χ2n) is 7.95. The lowest BCUT2D eigenvalue weighted by Gasteiger charge is -2.45. The summed E-state index contributed by atoms with van der Waals surface area (Å²) in [5.41, 5.74) is 7.01. The van der Waals surface area contributed by atoms with Gasteiger partial charge in [-0.05, 0) is 5.56 Å². The molecule has 31 heavy (non-hydrogen) atoms. The molecular formula is C21H23ClN3O6+. The number of quaternary nitrogens is 1. The average Bonchev–Trinajstić information content (AvgIpc) is 3.05. The van der Waals surface area contributed by atoms with E-state index >= 15 is 0 Å². The van der Waals surface area contributed by atoms with Gasteiger partial charge in [-0.25, -0.2) is 9.28 Å². The van der Waals surface area contributed by atoms with E-state index in [1.165, 1.54) is 0 Å². The van der Waals surface area contributed by atoms with Gasteiger partial charge in [-0.3, -0.25) is 4.79 Å². The molecule has 0 spiro atoms. The van der Waals surface area contributed by atoms with Crippen molar-refractivity contribution >= 4 is 29.6 Å². The maximum Gasteiger partial charge on any atom is 0.514 e. The van der Waals surface area contributed by atoms with E-state index < -0.39 is 30.1 Å². The van der Waals surface area contributed by atoms with Crippen LogP contribution in [0.2, 0.25) is 5.02 Å². The van der Waals surface area contributed by atoms with Crippen molar-refractivity contribution in [2.75, 3.05) is 13.2 Å². The molecule has 10 heteroatoms. The van der Waals surface area contributed by atoms with Gasteiger partial charge in [-0.2, -0.15) is 4.79 Å². The first kappa shape index (κ1) is 21.4. The van der Waals surface area contributed by atoms with E-state index in [9.17, 15) is 24.6 Å². The third-order valence-electron chi connectivity index (χ3n) is 6.38. The van der Waals surface area contributed by atoms with Gasteiger partial charge in [0.05, 0.1) is 29.6 Å². The number of carboxylic acid groups (broad SMARTS) is 2. The molecule has 1 aromatic carbocycles. The highest BCUT2D eigenvalue weighted by atomic mass is 35.5. The van der Waals surface area contributed by atoms with Crippen LogP contribution in [0.5, 0.6) is 0 Å². The van der Waals surface area contributed by atoms with E-state index in [0.29, 0.717) is 17.8 Å². The van der Waals surface area contributed by atoms with Crippen molar-refractivity contribution < 1.29 is 33.8 Å². The van der Waals surface area contributed by atoms with Crippen LogP contribution in [0.25, 0.3) is 11.3 Å². The largest absolute Gasteiger partial charge is 0.514 e. The molecule has 2 aliphatic heterocycles. The topological polar surface area (TPSA) is 132 Å². The Bertz CT molecular complexity index is 1050. The zero-order valence-corrected chi connectivity index (χ0v) is 17.4. The summed E-state index contributed by atoms with van der Waals surface area (Å²) < 4.78 is 6.82. The predicted molar refractivity (Wildman–Crippen MR) is 111 cm³/mol. The monoisotopic (exact) mass is 448 g/mol. The van der Waals surface area contributed by atoms with Crippen molar-refractivity contribution in [3.8, 4) is 11.3 Å². The molecule has 0 bridgehead atoms. The number of halogens is 1. The van der Waals surface area contributed by atoms with E-state index in [4.69, 9.17) is 22.1 Å². The molecule has 0 radical (unpaired) electrons.